The third-order valence-corrected chi connectivity index (χ3v) is 3.50. The second kappa shape index (κ2) is 4.42. The van der Waals surface area contributed by atoms with E-state index in [1.54, 1.807) is 11.3 Å². The summed E-state index contributed by atoms with van der Waals surface area (Å²) in [6.07, 6.45) is 0. The maximum Gasteiger partial charge on any atom is 0.200 e. The molecule has 90 valence electrons. The summed E-state index contributed by atoms with van der Waals surface area (Å²) in [5, 5.41) is 9.95. The summed E-state index contributed by atoms with van der Waals surface area (Å²) in [5.41, 5.74) is 0.834. The number of nitrogens with zero attached hydrogens (tertiary/aromatic N) is 4. The fourth-order valence-corrected chi connectivity index (χ4v) is 2.58. The van der Waals surface area contributed by atoms with Gasteiger partial charge in [0, 0.05) is 18.5 Å². The quantitative estimate of drug-likeness (QED) is 0.865. The maximum absolute atomic E-state index is 5.32. The summed E-state index contributed by atoms with van der Waals surface area (Å²) in [5.74, 6) is 1.47. The van der Waals surface area contributed by atoms with Crippen molar-refractivity contribution in [3.05, 3.63) is 11.2 Å². The van der Waals surface area contributed by atoms with Crippen LogP contribution in [0.2, 0.25) is 0 Å². The summed E-state index contributed by atoms with van der Waals surface area (Å²) >= 11 is 1.63. The summed E-state index contributed by atoms with van der Waals surface area (Å²) in [7, 11) is 0. The first kappa shape index (κ1) is 10.7. The SMILES string of the molecule is Cc1nc(-c2csc(N3CCOCC3)n2)n[nH]1. The molecule has 0 saturated carbocycles. The molecule has 1 fully saturated rings. The van der Waals surface area contributed by atoms with E-state index >= 15 is 0 Å². The summed E-state index contributed by atoms with van der Waals surface area (Å²) < 4.78 is 5.32. The number of nitrogens with one attached hydrogen (secondary N) is 1. The number of aromatic nitrogens is 4. The lowest BCUT2D eigenvalue weighted by Gasteiger charge is -2.25. The number of aryl methyl sites for hydroxylation is 1. The maximum atomic E-state index is 5.32. The van der Waals surface area contributed by atoms with Crippen molar-refractivity contribution in [2.45, 2.75) is 6.92 Å². The Labute approximate surface area is 103 Å². The molecule has 3 heterocycles. The Bertz CT molecular complexity index is 502. The lowest BCUT2D eigenvalue weighted by molar-refractivity contribution is 0.122. The topological polar surface area (TPSA) is 66.9 Å². The Kier molecular flexibility index (Phi) is 2.77. The van der Waals surface area contributed by atoms with Gasteiger partial charge in [0.05, 0.1) is 13.2 Å². The van der Waals surface area contributed by atoms with Crippen LogP contribution in [0.25, 0.3) is 11.5 Å². The van der Waals surface area contributed by atoms with Crippen LogP contribution in [0, 0.1) is 6.92 Å². The molecule has 0 atom stereocenters. The molecule has 0 bridgehead atoms. The first-order chi connectivity index (χ1) is 8.33. The van der Waals surface area contributed by atoms with Gasteiger partial charge in [0.15, 0.2) is 5.13 Å². The van der Waals surface area contributed by atoms with Gasteiger partial charge in [-0.1, -0.05) is 0 Å². The van der Waals surface area contributed by atoms with Crippen molar-refractivity contribution in [1.29, 1.82) is 0 Å². The van der Waals surface area contributed by atoms with Crippen LogP contribution in [0.5, 0.6) is 0 Å². The number of H-pyrrole nitrogens is 1. The molecule has 1 saturated heterocycles. The molecular weight excluding hydrogens is 238 g/mol. The molecule has 2 aromatic rings. The van der Waals surface area contributed by atoms with Crippen LogP contribution in [0.4, 0.5) is 5.13 Å². The Morgan fingerprint density at radius 1 is 1.35 bits per heavy atom. The molecule has 0 amide bonds. The van der Waals surface area contributed by atoms with E-state index in [2.05, 4.69) is 25.1 Å². The van der Waals surface area contributed by atoms with Crippen LogP contribution < -0.4 is 4.90 Å². The largest absolute Gasteiger partial charge is 0.378 e. The highest BCUT2D eigenvalue weighted by Gasteiger charge is 2.16. The third-order valence-electron chi connectivity index (χ3n) is 2.60. The van der Waals surface area contributed by atoms with Crippen LogP contribution in [0.1, 0.15) is 5.82 Å². The highest BCUT2D eigenvalue weighted by molar-refractivity contribution is 7.14. The molecule has 0 radical (unpaired) electrons. The minimum Gasteiger partial charge on any atom is -0.378 e. The Balaban J connectivity index is 1.82. The molecule has 1 aliphatic rings. The van der Waals surface area contributed by atoms with Crippen molar-refractivity contribution in [3.8, 4) is 11.5 Å². The van der Waals surface area contributed by atoms with E-state index < -0.39 is 0 Å². The number of aromatic amines is 1. The highest BCUT2D eigenvalue weighted by atomic mass is 32.1. The summed E-state index contributed by atoms with van der Waals surface area (Å²) in [6.45, 7) is 5.23. The predicted octanol–water partition coefficient (Wildman–Crippen LogP) is 1.07. The van der Waals surface area contributed by atoms with Gasteiger partial charge in [0.25, 0.3) is 0 Å². The average Bonchev–Trinajstić information content (AvgIpc) is 2.98. The average molecular weight is 251 g/mol. The third kappa shape index (κ3) is 2.16. The molecule has 0 aromatic carbocycles. The van der Waals surface area contributed by atoms with E-state index in [4.69, 9.17) is 4.74 Å². The van der Waals surface area contributed by atoms with Crippen LogP contribution >= 0.6 is 11.3 Å². The van der Waals surface area contributed by atoms with Crippen molar-refractivity contribution in [1.82, 2.24) is 20.2 Å². The Morgan fingerprint density at radius 2 is 2.18 bits per heavy atom. The van der Waals surface area contributed by atoms with E-state index in [9.17, 15) is 0 Å². The van der Waals surface area contributed by atoms with Gasteiger partial charge < -0.3 is 9.64 Å². The number of thiazole rings is 1. The number of morpholine rings is 1. The van der Waals surface area contributed by atoms with Crippen molar-refractivity contribution in [2.75, 3.05) is 31.2 Å². The zero-order chi connectivity index (χ0) is 11.7. The van der Waals surface area contributed by atoms with Gasteiger partial charge >= 0.3 is 0 Å². The molecule has 0 unspecified atom stereocenters. The molecule has 0 aliphatic carbocycles. The van der Waals surface area contributed by atoms with Gasteiger partial charge in [-0.2, -0.15) is 5.10 Å². The predicted molar refractivity (Wildman–Crippen MR) is 65.3 cm³/mol. The van der Waals surface area contributed by atoms with Gasteiger partial charge in [0.2, 0.25) is 5.82 Å². The highest BCUT2D eigenvalue weighted by Crippen LogP contribution is 2.25. The number of hydrogen-bond donors (Lipinski definition) is 1. The smallest absolute Gasteiger partial charge is 0.200 e. The van der Waals surface area contributed by atoms with E-state index in [1.807, 2.05) is 12.3 Å². The summed E-state index contributed by atoms with van der Waals surface area (Å²) in [6, 6.07) is 0. The van der Waals surface area contributed by atoms with Gasteiger partial charge in [-0.05, 0) is 6.92 Å². The number of anilines is 1. The van der Waals surface area contributed by atoms with Crippen molar-refractivity contribution in [3.63, 3.8) is 0 Å². The number of hydrogen-bond acceptors (Lipinski definition) is 6. The van der Waals surface area contributed by atoms with Gasteiger partial charge in [-0.15, -0.1) is 11.3 Å². The van der Waals surface area contributed by atoms with E-state index in [0.717, 1.165) is 43.0 Å². The Morgan fingerprint density at radius 3 is 2.88 bits per heavy atom. The van der Waals surface area contributed by atoms with Crippen LogP contribution in [-0.4, -0.2) is 46.5 Å². The molecular formula is C10H13N5OS. The van der Waals surface area contributed by atoms with E-state index in [-0.39, 0.29) is 0 Å². The van der Waals surface area contributed by atoms with Crippen LogP contribution in [0.3, 0.4) is 0 Å². The molecule has 1 N–H and O–H groups in total. The molecule has 7 heteroatoms. The monoisotopic (exact) mass is 251 g/mol. The van der Waals surface area contributed by atoms with E-state index in [1.165, 1.54) is 0 Å². The second-order valence-corrected chi connectivity index (χ2v) is 4.70. The fraction of sp³-hybridized carbons (Fsp3) is 0.500. The van der Waals surface area contributed by atoms with E-state index in [0.29, 0.717) is 5.82 Å². The van der Waals surface area contributed by atoms with Crippen molar-refractivity contribution >= 4 is 16.5 Å². The Hall–Kier alpha value is -1.47. The van der Waals surface area contributed by atoms with Crippen LogP contribution in [0.15, 0.2) is 5.38 Å². The molecule has 6 nitrogen and oxygen atoms in total. The van der Waals surface area contributed by atoms with Gasteiger partial charge in [0.1, 0.15) is 11.5 Å². The number of rotatable bonds is 2. The fourth-order valence-electron chi connectivity index (χ4n) is 1.72. The molecule has 3 rings (SSSR count). The lowest BCUT2D eigenvalue weighted by Crippen LogP contribution is -2.36. The molecule has 0 spiro atoms. The number of ether oxygens (including phenoxy) is 1. The summed E-state index contributed by atoms with van der Waals surface area (Å²) in [4.78, 5) is 11.1. The van der Waals surface area contributed by atoms with Gasteiger partial charge in [-0.3, -0.25) is 5.10 Å². The zero-order valence-electron chi connectivity index (χ0n) is 9.51. The molecule has 17 heavy (non-hydrogen) atoms. The van der Waals surface area contributed by atoms with Gasteiger partial charge in [-0.25, -0.2) is 9.97 Å². The zero-order valence-corrected chi connectivity index (χ0v) is 10.3. The van der Waals surface area contributed by atoms with Crippen molar-refractivity contribution in [2.24, 2.45) is 0 Å². The molecule has 1 aliphatic heterocycles. The lowest BCUT2D eigenvalue weighted by atomic mass is 10.4. The normalized spacial score (nSPS) is 16.4. The minimum atomic E-state index is 0.665. The van der Waals surface area contributed by atoms with Crippen molar-refractivity contribution < 1.29 is 4.74 Å². The standard InChI is InChI=1S/C10H13N5OS/c1-7-11-9(14-13-7)8-6-17-10(12-8)15-2-4-16-5-3-15/h6H,2-5H2,1H3,(H,11,13,14). The minimum absolute atomic E-state index is 0.665. The van der Waals surface area contributed by atoms with Crippen LogP contribution in [-0.2, 0) is 4.74 Å². The molecule has 2 aromatic heterocycles. The second-order valence-electron chi connectivity index (χ2n) is 3.86. The first-order valence-electron chi connectivity index (χ1n) is 5.50. The first-order valence-corrected chi connectivity index (χ1v) is 6.38.